The molecule has 0 aliphatic carbocycles. The second kappa shape index (κ2) is 15.0. The average molecular weight is 417 g/mol. The fourth-order valence-electron chi connectivity index (χ4n) is 5.06. The van der Waals surface area contributed by atoms with Crippen LogP contribution in [0.1, 0.15) is 132 Å². The van der Waals surface area contributed by atoms with Gasteiger partial charge in [0.05, 0.1) is 11.2 Å². The van der Waals surface area contributed by atoms with E-state index in [9.17, 15) is 0 Å². The molecule has 3 nitrogen and oxygen atoms in total. The Kier molecular flexibility index (Phi) is 15.0. The van der Waals surface area contributed by atoms with Gasteiger partial charge in [0.25, 0.3) is 0 Å². The lowest BCUT2D eigenvalue weighted by Crippen LogP contribution is -2.57. The summed E-state index contributed by atoms with van der Waals surface area (Å²) >= 11 is 0. The molecular formula is C24H52O3Si. The minimum absolute atomic E-state index is 0.0912. The van der Waals surface area contributed by atoms with Crippen molar-refractivity contribution >= 4 is 8.80 Å². The molecule has 0 amide bonds. The van der Waals surface area contributed by atoms with Gasteiger partial charge >= 0.3 is 8.80 Å². The fourth-order valence-corrected chi connectivity index (χ4v) is 8.22. The van der Waals surface area contributed by atoms with Crippen molar-refractivity contribution in [3.05, 3.63) is 0 Å². The third-order valence-electron chi connectivity index (χ3n) is 5.84. The molecule has 0 aromatic rings. The summed E-state index contributed by atoms with van der Waals surface area (Å²) in [7, 11) is -0.925. The molecule has 0 fully saturated rings. The Morgan fingerprint density at radius 3 is 0.964 bits per heavy atom. The predicted molar refractivity (Wildman–Crippen MR) is 125 cm³/mol. The molecule has 0 radical (unpaired) electrons. The van der Waals surface area contributed by atoms with Crippen LogP contribution in [0.15, 0.2) is 0 Å². The Balaban J connectivity index is 6.01. The van der Waals surface area contributed by atoms with Crippen molar-refractivity contribution in [2.45, 2.75) is 149 Å². The molecule has 170 valence electrons. The van der Waals surface area contributed by atoms with Crippen molar-refractivity contribution in [2.75, 3.05) is 7.11 Å². The maximum absolute atomic E-state index is 7.13. The summed E-state index contributed by atoms with van der Waals surface area (Å²) in [5.74, 6) is 0. The monoisotopic (exact) mass is 416 g/mol. The Morgan fingerprint density at radius 1 is 0.500 bits per heavy atom. The molecule has 4 heteroatoms. The van der Waals surface area contributed by atoms with Crippen LogP contribution in [0.2, 0.25) is 6.04 Å². The lowest BCUT2D eigenvalue weighted by Gasteiger charge is -2.46. The third kappa shape index (κ3) is 8.85. The smallest absolute Gasteiger partial charge is 0.377 e. The summed E-state index contributed by atoms with van der Waals surface area (Å²) in [5.41, 5.74) is -0.182. The molecule has 0 heterocycles. The summed E-state index contributed by atoms with van der Waals surface area (Å²) in [6.45, 7) is 15.9. The first-order valence-corrected chi connectivity index (χ1v) is 14.3. The molecular weight excluding hydrogens is 364 g/mol. The molecule has 28 heavy (non-hydrogen) atoms. The van der Waals surface area contributed by atoms with Gasteiger partial charge in [-0.25, -0.2) is 0 Å². The average Bonchev–Trinajstić information content (AvgIpc) is 2.63. The molecule has 0 saturated heterocycles. The summed E-state index contributed by atoms with van der Waals surface area (Å²) in [5, 5.41) is 0. The topological polar surface area (TPSA) is 27.7 Å². The zero-order chi connectivity index (χ0) is 21.5. The van der Waals surface area contributed by atoms with E-state index in [4.69, 9.17) is 13.3 Å². The SMILES string of the molecule is CCCC(CCC)(CCC)O[Si](CCC)(OC)OC(CCC)(CCC)CCC. The van der Waals surface area contributed by atoms with Crippen LogP contribution >= 0.6 is 0 Å². The van der Waals surface area contributed by atoms with Gasteiger partial charge in [0, 0.05) is 13.2 Å². The van der Waals surface area contributed by atoms with Gasteiger partial charge in [-0.05, 0) is 38.5 Å². The van der Waals surface area contributed by atoms with Crippen LogP contribution in [0.5, 0.6) is 0 Å². The molecule has 0 aliphatic heterocycles. The minimum Gasteiger partial charge on any atom is -0.377 e. The van der Waals surface area contributed by atoms with Gasteiger partial charge in [-0.3, -0.25) is 0 Å². The van der Waals surface area contributed by atoms with Crippen molar-refractivity contribution in [3.8, 4) is 0 Å². The lowest BCUT2D eigenvalue weighted by molar-refractivity contribution is -0.0906. The minimum atomic E-state index is -2.76. The molecule has 0 spiro atoms. The van der Waals surface area contributed by atoms with Crippen molar-refractivity contribution in [1.29, 1.82) is 0 Å². The molecule has 0 aliphatic rings. The number of hydrogen-bond acceptors (Lipinski definition) is 3. The molecule has 0 aromatic heterocycles. The molecule has 0 saturated carbocycles. The van der Waals surface area contributed by atoms with E-state index in [-0.39, 0.29) is 11.2 Å². The van der Waals surface area contributed by atoms with E-state index in [1.54, 1.807) is 0 Å². The quantitative estimate of drug-likeness (QED) is 0.198. The van der Waals surface area contributed by atoms with E-state index in [1.807, 2.05) is 7.11 Å². The summed E-state index contributed by atoms with van der Waals surface area (Å²) in [6.07, 6.45) is 14.5. The first-order valence-electron chi connectivity index (χ1n) is 12.4. The van der Waals surface area contributed by atoms with Crippen LogP contribution in [-0.4, -0.2) is 27.1 Å². The molecule has 0 rings (SSSR count). The molecule has 0 atom stereocenters. The maximum Gasteiger partial charge on any atom is 0.501 e. The van der Waals surface area contributed by atoms with E-state index < -0.39 is 8.80 Å². The molecule has 0 N–H and O–H groups in total. The van der Waals surface area contributed by atoms with Gasteiger partial charge in [0.15, 0.2) is 0 Å². The van der Waals surface area contributed by atoms with Crippen molar-refractivity contribution in [3.63, 3.8) is 0 Å². The molecule has 0 aromatic carbocycles. The van der Waals surface area contributed by atoms with Crippen LogP contribution in [0.3, 0.4) is 0 Å². The second-order valence-electron chi connectivity index (χ2n) is 8.71. The van der Waals surface area contributed by atoms with Crippen LogP contribution in [0.25, 0.3) is 0 Å². The Bertz CT molecular complexity index is 311. The van der Waals surface area contributed by atoms with Crippen molar-refractivity contribution in [2.24, 2.45) is 0 Å². The Hall–Kier alpha value is 0.0969. The van der Waals surface area contributed by atoms with Crippen LogP contribution < -0.4 is 0 Å². The van der Waals surface area contributed by atoms with Gasteiger partial charge in [-0.2, -0.15) is 0 Å². The van der Waals surface area contributed by atoms with E-state index in [2.05, 4.69) is 48.5 Å². The van der Waals surface area contributed by atoms with E-state index in [0.29, 0.717) is 0 Å². The van der Waals surface area contributed by atoms with Crippen LogP contribution in [0.4, 0.5) is 0 Å². The first-order chi connectivity index (χ1) is 13.4. The highest BCUT2D eigenvalue weighted by molar-refractivity contribution is 6.60. The van der Waals surface area contributed by atoms with Crippen molar-refractivity contribution < 1.29 is 13.3 Å². The van der Waals surface area contributed by atoms with E-state index in [0.717, 1.165) is 89.5 Å². The van der Waals surface area contributed by atoms with Gasteiger partial charge in [0.2, 0.25) is 0 Å². The lowest BCUT2D eigenvalue weighted by atomic mass is 9.88. The summed E-state index contributed by atoms with van der Waals surface area (Å²) in [6, 6.07) is 0.918. The van der Waals surface area contributed by atoms with Gasteiger partial charge < -0.3 is 13.3 Å². The zero-order valence-electron chi connectivity index (χ0n) is 20.6. The Morgan fingerprint density at radius 2 is 0.786 bits per heavy atom. The van der Waals surface area contributed by atoms with E-state index in [1.165, 1.54) is 0 Å². The standard InChI is InChI=1S/C24H52O3Si/c1-9-16-23(17-10-2,18-11-3)26-28(25-8,22-15-7)27-24(19-12-4,20-13-5)21-14-6/h9-22H2,1-8H3. The van der Waals surface area contributed by atoms with Gasteiger partial charge in [-0.15, -0.1) is 0 Å². The third-order valence-corrected chi connectivity index (χ3v) is 9.07. The second-order valence-corrected chi connectivity index (χ2v) is 11.4. The molecule has 0 bridgehead atoms. The largest absolute Gasteiger partial charge is 0.501 e. The van der Waals surface area contributed by atoms with Crippen LogP contribution in [0, 0.1) is 0 Å². The maximum atomic E-state index is 7.13. The highest BCUT2D eigenvalue weighted by Crippen LogP contribution is 2.40. The fraction of sp³-hybridized carbons (Fsp3) is 1.00. The molecule has 0 unspecified atom stereocenters. The summed E-state index contributed by atoms with van der Waals surface area (Å²) in [4.78, 5) is 0. The van der Waals surface area contributed by atoms with E-state index >= 15 is 0 Å². The summed E-state index contributed by atoms with van der Waals surface area (Å²) < 4.78 is 20.5. The Labute approximate surface area is 178 Å². The number of rotatable bonds is 19. The first kappa shape index (κ1) is 28.1. The number of hydrogen-bond donors (Lipinski definition) is 0. The normalized spacial score (nSPS) is 13.3. The van der Waals surface area contributed by atoms with Crippen LogP contribution in [-0.2, 0) is 13.3 Å². The van der Waals surface area contributed by atoms with Crippen molar-refractivity contribution in [1.82, 2.24) is 0 Å². The highest BCUT2D eigenvalue weighted by atomic mass is 28.4. The predicted octanol–water partition coefficient (Wildman–Crippen LogP) is 8.29. The van der Waals surface area contributed by atoms with Gasteiger partial charge in [-0.1, -0.05) is 93.4 Å². The van der Waals surface area contributed by atoms with Gasteiger partial charge in [0.1, 0.15) is 0 Å². The highest BCUT2D eigenvalue weighted by Gasteiger charge is 2.51. The zero-order valence-corrected chi connectivity index (χ0v) is 21.6.